The molecule has 0 aliphatic rings. The average Bonchev–Trinajstić information content (AvgIpc) is 2.01. The highest BCUT2D eigenvalue weighted by molar-refractivity contribution is 6.34. The van der Waals surface area contributed by atoms with Crippen LogP contribution in [0.2, 0.25) is 0 Å². The van der Waals surface area contributed by atoms with Gasteiger partial charge in [0.25, 0.3) is 0 Å². The van der Waals surface area contributed by atoms with Crippen LogP contribution in [0, 0.1) is 12.3 Å². The SMILES string of the molecule is Bc1cc(C(F)(F)F)cc(N)c1C#C. The molecule has 0 aliphatic carbocycles. The molecule has 0 saturated carbocycles. The van der Waals surface area contributed by atoms with Crippen molar-refractivity contribution < 1.29 is 13.2 Å². The topological polar surface area (TPSA) is 26.0 Å². The first kappa shape index (κ1) is 10.5. The monoisotopic (exact) mass is 197 g/mol. The van der Waals surface area contributed by atoms with Crippen LogP contribution in [-0.4, -0.2) is 7.85 Å². The molecule has 0 aromatic heterocycles. The summed E-state index contributed by atoms with van der Waals surface area (Å²) in [5, 5.41) is 0. The van der Waals surface area contributed by atoms with E-state index in [-0.39, 0.29) is 5.69 Å². The van der Waals surface area contributed by atoms with Crippen molar-refractivity contribution in [1.29, 1.82) is 0 Å². The first-order chi connectivity index (χ1) is 6.36. The van der Waals surface area contributed by atoms with Gasteiger partial charge in [-0.15, -0.1) is 6.42 Å². The lowest BCUT2D eigenvalue weighted by Gasteiger charge is -2.10. The Balaban J connectivity index is 3.37. The summed E-state index contributed by atoms with van der Waals surface area (Å²) >= 11 is 0. The average molecular weight is 197 g/mol. The van der Waals surface area contributed by atoms with Gasteiger partial charge >= 0.3 is 6.18 Å². The number of nitrogens with two attached hydrogens (primary N) is 1. The van der Waals surface area contributed by atoms with Gasteiger partial charge in [-0.25, -0.2) is 0 Å². The first-order valence-corrected chi connectivity index (χ1v) is 3.80. The number of alkyl halides is 3. The Morgan fingerprint density at radius 1 is 1.36 bits per heavy atom. The lowest BCUT2D eigenvalue weighted by Crippen LogP contribution is -2.16. The number of hydrogen-bond acceptors (Lipinski definition) is 1. The molecule has 0 aliphatic heterocycles. The minimum Gasteiger partial charge on any atom is -0.398 e. The standard InChI is InChI=1S/C9H7BF3N/c1-2-6-7(10)3-5(4-8(6)14)9(11,12)13/h1,3-4H,10,14H2. The maximum atomic E-state index is 12.3. The van der Waals surface area contributed by atoms with Crippen LogP contribution >= 0.6 is 0 Å². The van der Waals surface area contributed by atoms with E-state index in [0.29, 0.717) is 11.0 Å². The van der Waals surface area contributed by atoms with Crippen LogP contribution in [0.5, 0.6) is 0 Å². The Labute approximate surface area is 80.5 Å². The van der Waals surface area contributed by atoms with Crippen molar-refractivity contribution in [2.45, 2.75) is 6.18 Å². The predicted octanol–water partition coefficient (Wildman–Crippen LogP) is 0.527. The molecule has 0 fully saturated rings. The van der Waals surface area contributed by atoms with E-state index in [0.717, 1.165) is 12.1 Å². The van der Waals surface area contributed by atoms with Crippen LogP contribution in [0.1, 0.15) is 11.1 Å². The second-order valence-electron chi connectivity index (χ2n) is 2.90. The summed E-state index contributed by atoms with van der Waals surface area (Å²) in [6, 6.07) is 1.84. The maximum Gasteiger partial charge on any atom is 0.416 e. The van der Waals surface area contributed by atoms with Gasteiger partial charge in [0, 0.05) is 11.3 Å². The summed E-state index contributed by atoms with van der Waals surface area (Å²) in [6.45, 7) is 0. The van der Waals surface area contributed by atoms with E-state index in [1.54, 1.807) is 0 Å². The highest BCUT2D eigenvalue weighted by Crippen LogP contribution is 2.30. The summed E-state index contributed by atoms with van der Waals surface area (Å²) in [7, 11) is 1.50. The summed E-state index contributed by atoms with van der Waals surface area (Å²) < 4.78 is 36.8. The van der Waals surface area contributed by atoms with E-state index in [2.05, 4.69) is 5.92 Å². The molecule has 1 aromatic rings. The van der Waals surface area contributed by atoms with Gasteiger partial charge in [-0.05, 0) is 6.07 Å². The van der Waals surface area contributed by atoms with E-state index in [4.69, 9.17) is 12.2 Å². The van der Waals surface area contributed by atoms with Crippen LogP contribution < -0.4 is 11.2 Å². The molecule has 72 valence electrons. The van der Waals surface area contributed by atoms with Gasteiger partial charge in [0.1, 0.15) is 7.85 Å². The van der Waals surface area contributed by atoms with E-state index in [9.17, 15) is 13.2 Å². The van der Waals surface area contributed by atoms with Crippen LogP contribution in [0.3, 0.4) is 0 Å². The van der Waals surface area contributed by atoms with Gasteiger partial charge in [-0.2, -0.15) is 13.2 Å². The van der Waals surface area contributed by atoms with Gasteiger partial charge < -0.3 is 5.73 Å². The number of hydrogen-bond donors (Lipinski definition) is 1. The van der Waals surface area contributed by atoms with Crippen molar-refractivity contribution in [3.8, 4) is 12.3 Å². The largest absolute Gasteiger partial charge is 0.416 e. The molecule has 0 spiro atoms. The molecule has 1 rings (SSSR count). The number of halogens is 3. The molecule has 0 atom stereocenters. The molecule has 0 amide bonds. The number of nitrogen functional groups attached to an aromatic ring is 1. The highest BCUT2D eigenvalue weighted by atomic mass is 19.4. The Kier molecular flexibility index (Phi) is 2.48. The summed E-state index contributed by atoms with van der Waals surface area (Å²) in [6.07, 6.45) is 0.716. The summed E-state index contributed by atoms with van der Waals surface area (Å²) in [5.74, 6) is 2.25. The molecule has 5 heteroatoms. The molecule has 2 N–H and O–H groups in total. The van der Waals surface area contributed by atoms with Crippen LogP contribution in [0.4, 0.5) is 18.9 Å². The Morgan fingerprint density at radius 3 is 2.29 bits per heavy atom. The molecule has 0 radical (unpaired) electrons. The lowest BCUT2D eigenvalue weighted by molar-refractivity contribution is -0.137. The van der Waals surface area contributed by atoms with Crippen molar-refractivity contribution in [1.82, 2.24) is 0 Å². The molecule has 14 heavy (non-hydrogen) atoms. The molecule has 1 nitrogen and oxygen atoms in total. The van der Waals surface area contributed by atoms with Gasteiger partial charge in [-0.3, -0.25) is 0 Å². The van der Waals surface area contributed by atoms with E-state index >= 15 is 0 Å². The zero-order valence-corrected chi connectivity index (χ0v) is 7.44. The molecule has 0 saturated heterocycles. The van der Waals surface area contributed by atoms with E-state index in [1.165, 1.54) is 7.85 Å². The van der Waals surface area contributed by atoms with E-state index < -0.39 is 11.7 Å². The van der Waals surface area contributed by atoms with Crippen molar-refractivity contribution in [3.63, 3.8) is 0 Å². The summed E-state index contributed by atoms with van der Waals surface area (Å²) in [5.41, 5.74) is 5.28. The van der Waals surface area contributed by atoms with Crippen molar-refractivity contribution in [2.24, 2.45) is 0 Å². The minimum atomic E-state index is -4.38. The van der Waals surface area contributed by atoms with Crippen molar-refractivity contribution in [2.75, 3.05) is 5.73 Å². The normalized spacial score (nSPS) is 11.0. The quantitative estimate of drug-likeness (QED) is 0.366. The number of anilines is 1. The summed E-state index contributed by atoms with van der Waals surface area (Å²) in [4.78, 5) is 0. The fourth-order valence-corrected chi connectivity index (χ4v) is 1.18. The van der Waals surface area contributed by atoms with Crippen LogP contribution in [-0.2, 0) is 6.18 Å². The van der Waals surface area contributed by atoms with Gasteiger partial charge in [-0.1, -0.05) is 17.4 Å². The molecule has 0 unspecified atom stereocenters. The Morgan fingerprint density at radius 2 is 1.93 bits per heavy atom. The van der Waals surface area contributed by atoms with E-state index in [1.807, 2.05) is 0 Å². The van der Waals surface area contributed by atoms with Gasteiger partial charge in [0.2, 0.25) is 0 Å². The molecular weight excluding hydrogens is 190 g/mol. The Hall–Kier alpha value is -1.57. The first-order valence-electron chi connectivity index (χ1n) is 3.80. The third kappa shape index (κ3) is 1.85. The van der Waals surface area contributed by atoms with Crippen molar-refractivity contribution in [3.05, 3.63) is 23.3 Å². The Bertz CT molecular complexity index is 380. The number of terminal acetylenes is 1. The molecule has 0 heterocycles. The zero-order valence-electron chi connectivity index (χ0n) is 7.44. The zero-order chi connectivity index (χ0) is 10.9. The maximum absolute atomic E-state index is 12.3. The minimum absolute atomic E-state index is 0.0141. The second-order valence-corrected chi connectivity index (χ2v) is 2.90. The fraction of sp³-hybridized carbons (Fsp3) is 0.111. The predicted molar refractivity (Wildman–Crippen MR) is 52.0 cm³/mol. The van der Waals surface area contributed by atoms with Gasteiger partial charge in [0.15, 0.2) is 0 Å². The molecule has 0 bridgehead atoms. The number of benzene rings is 1. The van der Waals surface area contributed by atoms with Gasteiger partial charge in [0.05, 0.1) is 5.56 Å². The second kappa shape index (κ2) is 3.30. The van der Waals surface area contributed by atoms with Crippen molar-refractivity contribution >= 4 is 19.0 Å². The van der Waals surface area contributed by atoms with Crippen LogP contribution in [0.15, 0.2) is 12.1 Å². The third-order valence-corrected chi connectivity index (χ3v) is 1.84. The third-order valence-electron chi connectivity index (χ3n) is 1.84. The number of rotatable bonds is 0. The fourth-order valence-electron chi connectivity index (χ4n) is 1.18. The molecule has 1 aromatic carbocycles. The highest BCUT2D eigenvalue weighted by Gasteiger charge is 2.31. The molecular formula is C9H7BF3N. The van der Waals surface area contributed by atoms with Crippen LogP contribution in [0.25, 0.3) is 0 Å². The smallest absolute Gasteiger partial charge is 0.398 e. The lowest BCUT2D eigenvalue weighted by atomic mass is 9.88.